The Bertz CT molecular complexity index is 2280. The number of rotatable bonds is 14. The molecule has 6 aromatic carbocycles. The topological polar surface area (TPSA) is 155 Å². The molecule has 6 aromatic rings. The molecule has 60 heavy (non-hydrogen) atoms. The number of alkyl halides is 2. The number of carbonyl (C=O) groups excluding carboxylic acids is 4. The predicted molar refractivity (Wildman–Crippen MR) is 229 cm³/mol. The van der Waals surface area contributed by atoms with Gasteiger partial charge in [-0.15, -0.1) is 23.2 Å². The van der Waals surface area contributed by atoms with Crippen LogP contribution >= 0.6 is 23.2 Å². The minimum atomic E-state index is -0.731. The summed E-state index contributed by atoms with van der Waals surface area (Å²) in [6.07, 6.45) is 0. The van der Waals surface area contributed by atoms with Crippen molar-refractivity contribution < 1.29 is 38.5 Å². The van der Waals surface area contributed by atoms with Gasteiger partial charge in [0.2, 0.25) is 0 Å². The van der Waals surface area contributed by atoms with Gasteiger partial charge in [-0.3, -0.25) is 0 Å². The highest BCUT2D eigenvalue weighted by Gasteiger charge is 2.20. The van der Waals surface area contributed by atoms with Gasteiger partial charge in [0.25, 0.3) is 0 Å². The fourth-order valence-electron chi connectivity index (χ4n) is 4.98. The molecule has 14 heteroatoms. The predicted octanol–water partition coefficient (Wildman–Crippen LogP) is 8.87. The van der Waals surface area contributed by atoms with Gasteiger partial charge < -0.3 is 19.4 Å². The van der Waals surface area contributed by atoms with Crippen molar-refractivity contribution >= 4 is 69.9 Å². The Morgan fingerprint density at radius 1 is 0.317 bits per heavy atom. The monoisotopic (exact) mass is 840 g/mol. The number of hydrogen-bond acceptors (Lipinski definition) is 12. The zero-order valence-electron chi connectivity index (χ0n) is 31.5. The summed E-state index contributed by atoms with van der Waals surface area (Å²) in [5.74, 6) is -3.42. The fourth-order valence-corrected chi connectivity index (χ4v) is 5.08. The Balaban J connectivity index is 0.000000237. The normalized spacial score (nSPS) is 11.6. The molecule has 0 heterocycles. The summed E-state index contributed by atoms with van der Waals surface area (Å²) in [4.78, 5) is 68.1. The Kier molecular flexibility index (Phi) is 17.2. The van der Waals surface area contributed by atoms with Crippen molar-refractivity contribution in [2.45, 2.75) is 0 Å². The highest BCUT2D eigenvalue weighted by Crippen LogP contribution is 2.15. The lowest BCUT2D eigenvalue weighted by atomic mass is 10.00. The van der Waals surface area contributed by atoms with Crippen molar-refractivity contribution in [1.29, 1.82) is 0 Å². The van der Waals surface area contributed by atoms with Crippen molar-refractivity contribution in [2.24, 2.45) is 20.6 Å². The van der Waals surface area contributed by atoms with E-state index in [0.717, 1.165) is 0 Å². The number of nitrogens with zero attached hydrogens (tertiary/aromatic N) is 4. The molecule has 0 radical (unpaired) electrons. The molecule has 0 saturated heterocycles. The number of hydrogen-bond donors (Lipinski definition) is 0. The molecule has 0 N–H and O–H groups in total. The molecule has 0 aromatic heterocycles. The lowest BCUT2D eigenvalue weighted by Crippen LogP contribution is -2.20. The highest BCUT2D eigenvalue weighted by atomic mass is 35.5. The maximum Gasteiger partial charge on any atom is 0.365 e. The van der Waals surface area contributed by atoms with Gasteiger partial charge in [-0.05, 0) is 24.3 Å². The molecule has 0 aliphatic heterocycles. The van der Waals surface area contributed by atoms with E-state index in [9.17, 15) is 19.2 Å². The minimum Gasteiger partial charge on any atom is -0.316 e. The van der Waals surface area contributed by atoms with Crippen molar-refractivity contribution in [3.63, 3.8) is 0 Å². The third kappa shape index (κ3) is 13.3. The summed E-state index contributed by atoms with van der Waals surface area (Å²) in [5, 5.41) is 16.0. The third-order valence-corrected chi connectivity index (χ3v) is 8.23. The molecule has 6 rings (SSSR count). The van der Waals surface area contributed by atoms with Gasteiger partial charge in [-0.1, -0.05) is 178 Å². The summed E-state index contributed by atoms with van der Waals surface area (Å²) in [5.41, 5.74) is 4.01. The van der Waals surface area contributed by atoms with Gasteiger partial charge in [0, 0.05) is 22.3 Å². The zero-order valence-corrected chi connectivity index (χ0v) is 33.1. The molecule has 0 saturated carbocycles. The Labute approximate surface area is 354 Å². The standard InChI is InChI=1S/C28H20N2O4.C18H14Cl2N2O4/c31-27(23-17-9-3-10-18-23)33-29-25(21-13-5-1-6-14-21)26(22-15-7-2-8-16-22)30-34-28(32)24-19-11-4-12-20-24;19-11-15(23)25-21-17(13-7-3-1-4-8-13)18(22-26-16(24)12-20)14-9-5-2-6-10-14/h1-20H;1-10H,11-12H2/b29-25-,30-26-;21-17-,22-18-. The quantitative estimate of drug-likeness (QED) is 0.0456. The van der Waals surface area contributed by atoms with Gasteiger partial charge >= 0.3 is 23.9 Å². The maximum atomic E-state index is 12.5. The first-order chi connectivity index (χ1) is 29.4. The van der Waals surface area contributed by atoms with Gasteiger partial charge in [-0.2, -0.15) is 0 Å². The SMILES string of the molecule is O=C(CCl)O/N=C(\C(=N/OC(=O)CCl)c1ccccc1)c1ccccc1.O=C(O/N=C(\C(=N/OC(=O)c1ccccc1)c1ccccc1)c1ccccc1)c1ccccc1. The van der Waals surface area contributed by atoms with Gasteiger partial charge in [0.05, 0.1) is 11.1 Å². The first-order valence-electron chi connectivity index (χ1n) is 18.0. The second kappa shape index (κ2) is 23.6. The number of benzene rings is 6. The number of oxime groups is 4. The first-order valence-corrected chi connectivity index (χ1v) is 19.0. The average Bonchev–Trinajstić information content (AvgIpc) is 3.32. The van der Waals surface area contributed by atoms with E-state index >= 15 is 0 Å². The van der Waals surface area contributed by atoms with E-state index in [1.807, 2.05) is 48.5 Å². The van der Waals surface area contributed by atoms with E-state index < -0.39 is 23.9 Å². The molecular formula is C46H34Cl2N4O8. The van der Waals surface area contributed by atoms with Crippen LogP contribution < -0.4 is 0 Å². The van der Waals surface area contributed by atoms with Crippen LogP contribution in [0.3, 0.4) is 0 Å². The lowest BCUT2D eigenvalue weighted by Gasteiger charge is -2.10. The molecule has 0 atom stereocenters. The molecular weight excluding hydrogens is 807 g/mol. The lowest BCUT2D eigenvalue weighted by molar-refractivity contribution is -0.141. The van der Waals surface area contributed by atoms with E-state index in [2.05, 4.69) is 20.6 Å². The van der Waals surface area contributed by atoms with Crippen LogP contribution in [0.4, 0.5) is 0 Å². The van der Waals surface area contributed by atoms with E-state index in [1.54, 1.807) is 133 Å². The Morgan fingerprint density at radius 3 is 0.733 bits per heavy atom. The van der Waals surface area contributed by atoms with E-state index in [-0.39, 0.29) is 34.6 Å². The molecule has 0 bridgehead atoms. The minimum absolute atomic E-state index is 0.192. The summed E-state index contributed by atoms with van der Waals surface area (Å²) < 4.78 is 0. The van der Waals surface area contributed by atoms with Crippen LogP contribution in [0.1, 0.15) is 43.0 Å². The molecule has 0 aliphatic rings. The summed E-state index contributed by atoms with van der Waals surface area (Å²) in [6.45, 7) is 0. The summed E-state index contributed by atoms with van der Waals surface area (Å²) in [7, 11) is 0. The van der Waals surface area contributed by atoms with Crippen molar-refractivity contribution in [2.75, 3.05) is 11.8 Å². The molecule has 300 valence electrons. The van der Waals surface area contributed by atoms with E-state index in [1.165, 1.54) is 0 Å². The van der Waals surface area contributed by atoms with Crippen LogP contribution in [0.25, 0.3) is 0 Å². The third-order valence-electron chi connectivity index (χ3n) is 7.79. The zero-order chi connectivity index (χ0) is 42.4. The molecule has 0 fully saturated rings. The maximum absolute atomic E-state index is 12.5. The van der Waals surface area contributed by atoms with Gasteiger partial charge in [0.1, 0.15) is 34.6 Å². The van der Waals surface area contributed by atoms with Crippen molar-refractivity contribution in [1.82, 2.24) is 0 Å². The van der Waals surface area contributed by atoms with E-state index in [0.29, 0.717) is 33.4 Å². The fraction of sp³-hybridized carbons (Fsp3) is 0.0435. The molecule has 0 spiro atoms. The van der Waals surface area contributed by atoms with Crippen LogP contribution in [0.5, 0.6) is 0 Å². The molecule has 0 amide bonds. The van der Waals surface area contributed by atoms with Crippen LogP contribution in [-0.4, -0.2) is 58.5 Å². The Morgan fingerprint density at radius 2 is 0.517 bits per heavy atom. The summed E-state index contributed by atoms with van der Waals surface area (Å²) >= 11 is 10.9. The number of carbonyl (C=O) groups is 4. The summed E-state index contributed by atoms with van der Waals surface area (Å²) in [6, 6.07) is 53.0. The molecule has 0 aliphatic carbocycles. The number of halogens is 2. The molecule has 0 unspecified atom stereocenters. The van der Waals surface area contributed by atoms with Crippen LogP contribution in [0, 0.1) is 0 Å². The second-order valence-corrected chi connectivity index (χ2v) is 12.4. The molecule has 12 nitrogen and oxygen atoms in total. The first kappa shape index (κ1) is 43.6. The van der Waals surface area contributed by atoms with Crippen LogP contribution in [-0.2, 0) is 28.9 Å². The smallest absolute Gasteiger partial charge is 0.316 e. The average molecular weight is 842 g/mol. The van der Waals surface area contributed by atoms with Crippen LogP contribution in [0.2, 0.25) is 0 Å². The van der Waals surface area contributed by atoms with Crippen molar-refractivity contribution in [3.05, 3.63) is 215 Å². The van der Waals surface area contributed by atoms with Crippen molar-refractivity contribution in [3.8, 4) is 0 Å². The van der Waals surface area contributed by atoms with Gasteiger partial charge in [0.15, 0.2) is 0 Å². The largest absolute Gasteiger partial charge is 0.365 e. The van der Waals surface area contributed by atoms with Crippen LogP contribution in [0.15, 0.2) is 203 Å². The van der Waals surface area contributed by atoms with E-state index in [4.69, 9.17) is 42.6 Å². The van der Waals surface area contributed by atoms with Gasteiger partial charge in [-0.25, -0.2) is 19.2 Å². The second-order valence-electron chi connectivity index (χ2n) is 11.9. The Hall–Kier alpha value is -7.54. The highest BCUT2D eigenvalue weighted by molar-refractivity contribution is 6.54.